The summed E-state index contributed by atoms with van der Waals surface area (Å²) >= 11 is 4.26. The summed E-state index contributed by atoms with van der Waals surface area (Å²) in [5, 5.41) is 10.4. The molecule has 0 bridgehead atoms. The number of nitrogens with zero attached hydrogens (tertiary/aromatic N) is 3. The van der Waals surface area contributed by atoms with Gasteiger partial charge in [0.1, 0.15) is 0 Å². The molecule has 5 heteroatoms. The van der Waals surface area contributed by atoms with Crippen molar-refractivity contribution in [1.29, 1.82) is 0 Å². The van der Waals surface area contributed by atoms with Crippen LogP contribution in [0, 0.1) is 0 Å². The lowest BCUT2D eigenvalue weighted by molar-refractivity contribution is 0.151. The number of anilines is 2. The zero-order valence-electron chi connectivity index (χ0n) is 12.2. The Kier molecular flexibility index (Phi) is 2.36. The van der Waals surface area contributed by atoms with Gasteiger partial charge in [0.05, 0.1) is 5.60 Å². The molecule has 2 heterocycles. The van der Waals surface area contributed by atoms with Crippen molar-refractivity contribution in [3.05, 3.63) is 41.7 Å². The minimum atomic E-state index is -0.601. The first-order valence-corrected chi connectivity index (χ1v) is 8.20. The van der Waals surface area contributed by atoms with Gasteiger partial charge in [-0.1, -0.05) is 12.1 Å². The molecule has 1 aliphatic heterocycles. The minimum absolute atomic E-state index is 0.281. The van der Waals surface area contributed by atoms with E-state index in [1.165, 1.54) is 24.1 Å². The van der Waals surface area contributed by atoms with E-state index < -0.39 is 5.60 Å². The number of aliphatic hydroxyl groups is 1. The largest absolute Gasteiger partial charge is 0.385 e. The molecule has 5 rings (SSSR count). The third-order valence-corrected chi connectivity index (χ3v) is 5.53. The lowest BCUT2D eigenvalue weighted by Gasteiger charge is -2.19. The summed E-state index contributed by atoms with van der Waals surface area (Å²) in [5.74, 6) is 0.725. The lowest BCUT2D eigenvalue weighted by atomic mass is 9.96. The SMILES string of the molecule is OC1(c2ccc3c(c2)N(c2ncc(S)cn2)CC32CC2)CC1. The van der Waals surface area contributed by atoms with Crippen LogP contribution in [0.5, 0.6) is 0 Å². The molecule has 4 nitrogen and oxygen atoms in total. The molecule has 1 aromatic carbocycles. The van der Waals surface area contributed by atoms with Gasteiger partial charge < -0.3 is 10.0 Å². The predicted molar refractivity (Wildman–Crippen MR) is 86.8 cm³/mol. The molecular weight excluding hydrogens is 294 g/mol. The first-order chi connectivity index (χ1) is 10.6. The summed E-state index contributed by atoms with van der Waals surface area (Å²) in [6.45, 7) is 0.941. The smallest absolute Gasteiger partial charge is 0.229 e. The van der Waals surface area contributed by atoms with E-state index in [0.29, 0.717) is 0 Å². The van der Waals surface area contributed by atoms with E-state index in [2.05, 4.69) is 45.7 Å². The molecule has 3 aliphatic rings. The fourth-order valence-corrected chi connectivity index (χ4v) is 3.70. The second-order valence-electron chi connectivity index (χ2n) is 6.87. The van der Waals surface area contributed by atoms with Crippen molar-refractivity contribution in [3.8, 4) is 0 Å². The Hall–Kier alpha value is -1.59. The average Bonchev–Trinajstić information content (AvgIpc) is 3.42. The summed E-state index contributed by atoms with van der Waals surface area (Å²) in [6, 6.07) is 6.46. The first kappa shape index (κ1) is 12.9. The van der Waals surface area contributed by atoms with Crippen LogP contribution in [-0.2, 0) is 11.0 Å². The molecule has 2 fully saturated rings. The summed E-state index contributed by atoms with van der Waals surface area (Å²) in [7, 11) is 0. The van der Waals surface area contributed by atoms with Crippen LogP contribution in [0.2, 0.25) is 0 Å². The molecule has 112 valence electrons. The Bertz CT molecular complexity index is 766. The molecule has 2 aliphatic carbocycles. The molecule has 1 aromatic heterocycles. The maximum atomic E-state index is 10.4. The fourth-order valence-electron chi connectivity index (χ4n) is 3.58. The monoisotopic (exact) mass is 311 g/mol. The Morgan fingerprint density at radius 2 is 1.82 bits per heavy atom. The highest BCUT2D eigenvalue weighted by Gasteiger charge is 2.53. The average molecular weight is 311 g/mol. The molecular formula is C17H17N3OS. The Balaban J connectivity index is 1.63. The molecule has 0 amide bonds. The zero-order valence-corrected chi connectivity index (χ0v) is 13.1. The number of aromatic nitrogens is 2. The third kappa shape index (κ3) is 1.75. The summed E-state index contributed by atoms with van der Waals surface area (Å²) < 4.78 is 0. The van der Waals surface area contributed by atoms with Gasteiger partial charge in [0.25, 0.3) is 0 Å². The highest BCUT2D eigenvalue weighted by molar-refractivity contribution is 7.80. The standard InChI is InChI=1S/C17H17N3OS/c21-17(5-6-17)11-1-2-13-14(7-11)20(10-16(13)3-4-16)15-18-8-12(22)9-19-15/h1-2,7-9,21-22H,3-6,10H2. The van der Waals surface area contributed by atoms with Crippen LogP contribution in [-0.4, -0.2) is 21.6 Å². The molecule has 0 unspecified atom stereocenters. The van der Waals surface area contributed by atoms with Gasteiger partial charge in [0.15, 0.2) is 0 Å². The number of hydrogen-bond donors (Lipinski definition) is 2. The molecule has 2 saturated carbocycles. The van der Waals surface area contributed by atoms with Gasteiger partial charge in [-0.25, -0.2) is 9.97 Å². The number of thiol groups is 1. The van der Waals surface area contributed by atoms with Crippen LogP contribution < -0.4 is 4.90 Å². The van der Waals surface area contributed by atoms with Crippen molar-refractivity contribution in [3.63, 3.8) is 0 Å². The highest BCUT2D eigenvalue weighted by atomic mass is 32.1. The van der Waals surface area contributed by atoms with Gasteiger partial charge in [-0.2, -0.15) is 0 Å². The van der Waals surface area contributed by atoms with E-state index in [1.54, 1.807) is 12.4 Å². The van der Waals surface area contributed by atoms with Crippen molar-refractivity contribution in [2.75, 3.05) is 11.4 Å². The summed E-state index contributed by atoms with van der Waals surface area (Å²) in [6.07, 6.45) is 7.65. The van der Waals surface area contributed by atoms with Gasteiger partial charge in [-0.05, 0) is 42.9 Å². The topological polar surface area (TPSA) is 49.2 Å². The van der Waals surface area contributed by atoms with E-state index in [0.717, 1.165) is 35.8 Å². The van der Waals surface area contributed by atoms with Gasteiger partial charge in [-0.15, -0.1) is 12.6 Å². The molecule has 0 saturated heterocycles. The number of benzene rings is 1. The molecule has 1 N–H and O–H groups in total. The van der Waals surface area contributed by atoms with Crippen molar-refractivity contribution >= 4 is 24.3 Å². The van der Waals surface area contributed by atoms with Gasteiger partial charge in [0, 0.05) is 34.9 Å². The van der Waals surface area contributed by atoms with E-state index in [-0.39, 0.29) is 5.41 Å². The Morgan fingerprint density at radius 1 is 1.09 bits per heavy atom. The minimum Gasteiger partial charge on any atom is -0.385 e. The Morgan fingerprint density at radius 3 is 2.45 bits per heavy atom. The van der Waals surface area contributed by atoms with E-state index >= 15 is 0 Å². The molecule has 2 aromatic rings. The summed E-state index contributed by atoms with van der Waals surface area (Å²) in [5.41, 5.74) is 3.26. The second-order valence-corrected chi connectivity index (χ2v) is 7.39. The van der Waals surface area contributed by atoms with Crippen LogP contribution in [0.15, 0.2) is 35.5 Å². The van der Waals surface area contributed by atoms with E-state index in [1.807, 2.05) is 0 Å². The fraction of sp³-hybridized carbons (Fsp3) is 0.412. The Labute approximate surface area is 134 Å². The van der Waals surface area contributed by atoms with Gasteiger partial charge in [0.2, 0.25) is 5.95 Å². The van der Waals surface area contributed by atoms with Gasteiger partial charge >= 0.3 is 0 Å². The van der Waals surface area contributed by atoms with Crippen molar-refractivity contribution in [2.45, 2.75) is 41.6 Å². The van der Waals surface area contributed by atoms with Crippen LogP contribution in [0.4, 0.5) is 11.6 Å². The summed E-state index contributed by atoms with van der Waals surface area (Å²) in [4.78, 5) is 11.8. The molecule has 1 spiro atoms. The normalized spacial score (nSPS) is 22.7. The van der Waals surface area contributed by atoms with E-state index in [4.69, 9.17) is 0 Å². The van der Waals surface area contributed by atoms with Crippen LogP contribution in [0.25, 0.3) is 0 Å². The number of fused-ring (bicyclic) bond motifs is 2. The third-order valence-electron chi connectivity index (χ3n) is 5.30. The predicted octanol–water partition coefficient (Wildman–Crippen LogP) is 2.93. The van der Waals surface area contributed by atoms with Crippen LogP contribution in [0.1, 0.15) is 36.8 Å². The second kappa shape index (κ2) is 4.03. The quantitative estimate of drug-likeness (QED) is 0.837. The molecule has 0 atom stereocenters. The van der Waals surface area contributed by atoms with E-state index in [9.17, 15) is 5.11 Å². The van der Waals surface area contributed by atoms with Crippen LogP contribution >= 0.6 is 12.6 Å². The van der Waals surface area contributed by atoms with Crippen molar-refractivity contribution in [1.82, 2.24) is 9.97 Å². The van der Waals surface area contributed by atoms with Gasteiger partial charge in [-0.3, -0.25) is 0 Å². The van der Waals surface area contributed by atoms with Crippen LogP contribution in [0.3, 0.4) is 0 Å². The van der Waals surface area contributed by atoms with Crippen molar-refractivity contribution in [2.24, 2.45) is 0 Å². The maximum Gasteiger partial charge on any atom is 0.229 e. The molecule has 22 heavy (non-hydrogen) atoms. The zero-order chi connectivity index (χ0) is 14.9. The highest BCUT2D eigenvalue weighted by Crippen LogP contribution is 2.59. The molecule has 0 radical (unpaired) electrons. The lowest BCUT2D eigenvalue weighted by Crippen LogP contribution is -2.21. The maximum absolute atomic E-state index is 10.4. The van der Waals surface area contributed by atoms with Crippen molar-refractivity contribution < 1.29 is 5.11 Å². The number of hydrogen-bond acceptors (Lipinski definition) is 5. The first-order valence-electron chi connectivity index (χ1n) is 7.76. The number of rotatable bonds is 2.